The number of hydrogen-bond acceptors (Lipinski definition) is 1. The molecule has 0 amide bonds. The molecule has 3 aliphatic carbocycles. The molecule has 1 heteroatoms. The number of hydrogen-bond donors (Lipinski definition) is 0. The van der Waals surface area contributed by atoms with Crippen LogP contribution >= 0.6 is 0 Å². The molecule has 0 radical (unpaired) electrons. The van der Waals surface area contributed by atoms with E-state index in [1.54, 1.807) is 22.3 Å². The van der Waals surface area contributed by atoms with Crippen LogP contribution in [-0.4, -0.2) is 24.5 Å². The average molecular weight is 329 g/mol. The van der Waals surface area contributed by atoms with Crippen molar-refractivity contribution < 1.29 is 0 Å². The molecule has 0 aromatic heterocycles. The van der Waals surface area contributed by atoms with Gasteiger partial charge in [-0.1, -0.05) is 61.4 Å². The summed E-state index contributed by atoms with van der Waals surface area (Å²) in [5.41, 5.74) is 6.96. The summed E-state index contributed by atoms with van der Waals surface area (Å²) < 4.78 is 0. The SMILES string of the molecule is c1ccc2c(c1)C1C[C@@]3(CN(CC4CCCC4)C[C@H]23)c2ccccc21. The highest BCUT2D eigenvalue weighted by Crippen LogP contribution is 2.63. The first kappa shape index (κ1) is 14.6. The molecular weight excluding hydrogens is 302 g/mol. The van der Waals surface area contributed by atoms with Crippen molar-refractivity contribution in [3.8, 4) is 0 Å². The zero-order valence-corrected chi connectivity index (χ0v) is 15.0. The second-order valence-electron chi connectivity index (χ2n) is 9.03. The van der Waals surface area contributed by atoms with E-state index in [1.807, 2.05) is 0 Å². The number of nitrogens with zero attached hydrogens (tertiary/aromatic N) is 1. The molecule has 3 atom stereocenters. The van der Waals surface area contributed by atoms with Gasteiger partial charge < -0.3 is 4.90 Å². The fourth-order valence-electron chi connectivity index (χ4n) is 6.84. The minimum absolute atomic E-state index is 0.383. The minimum Gasteiger partial charge on any atom is -0.302 e. The van der Waals surface area contributed by atoms with Gasteiger partial charge in [0.2, 0.25) is 0 Å². The normalized spacial score (nSPS) is 33.3. The molecule has 1 unspecified atom stereocenters. The molecule has 1 saturated heterocycles. The van der Waals surface area contributed by atoms with Gasteiger partial charge in [0, 0.05) is 36.9 Å². The Morgan fingerprint density at radius 3 is 2.44 bits per heavy atom. The van der Waals surface area contributed by atoms with Gasteiger partial charge in [-0.3, -0.25) is 0 Å². The van der Waals surface area contributed by atoms with E-state index in [4.69, 9.17) is 0 Å². The molecule has 128 valence electrons. The topological polar surface area (TPSA) is 3.24 Å². The first-order chi connectivity index (χ1) is 12.4. The Morgan fingerprint density at radius 2 is 1.60 bits per heavy atom. The highest BCUT2D eigenvalue weighted by Gasteiger charge is 2.57. The van der Waals surface area contributed by atoms with Crippen LogP contribution in [0, 0.1) is 5.92 Å². The lowest BCUT2D eigenvalue weighted by Gasteiger charge is -2.37. The van der Waals surface area contributed by atoms with E-state index in [-0.39, 0.29) is 0 Å². The molecular formula is C24H27N. The quantitative estimate of drug-likeness (QED) is 0.744. The van der Waals surface area contributed by atoms with Gasteiger partial charge in [0.1, 0.15) is 0 Å². The first-order valence-electron chi connectivity index (χ1n) is 10.3. The minimum atomic E-state index is 0.383. The third-order valence-corrected chi connectivity index (χ3v) is 7.79. The van der Waals surface area contributed by atoms with Gasteiger partial charge >= 0.3 is 0 Å². The van der Waals surface area contributed by atoms with Crippen LogP contribution in [0.2, 0.25) is 0 Å². The third-order valence-electron chi connectivity index (χ3n) is 7.79. The van der Waals surface area contributed by atoms with Crippen molar-refractivity contribution in [2.45, 2.75) is 49.4 Å². The molecule has 1 nitrogen and oxygen atoms in total. The van der Waals surface area contributed by atoms with Crippen LogP contribution < -0.4 is 0 Å². The maximum atomic E-state index is 2.84. The monoisotopic (exact) mass is 329 g/mol. The van der Waals surface area contributed by atoms with Crippen molar-refractivity contribution >= 4 is 0 Å². The van der Waals surface area contributed by atoms with Gasteiger partial charge in [0.05, 0.1) is 0 Å². The summed E-state index contributed by atoms with van der Waals surface area (Å²) in [6, 6.07) is 18.7. The molecule has 0 N–H and O–H groups in total. The lowest BCUT2D eigenvalue weighted by atomic mass is 9.65. The van der Waals surface area contributed by atoms with Crippen LogP contribution in [0.25, 0.3) is 0 Å². The summed E-state index contributed by atoms with van der Waals surface area (Å²) in [6.45, 7) is 3.90. The highest BCUT2D eigenvalue weighted by atomic mass is 15.2. The summed E-state index contributed by atoms with van der Waals surface area (Å²) >= 11 is 0. The number of benzene rings is 2. The Hall–Kier alpha value is -1.60. The summed E-state index contributed by atoms with van der Waals surface area (Å²) in [4.78, 5) is 2.84. The smallest absolute Gasteiger partial charge is 0.0173 e. The van der Waals surface area contributed by atoms with Crippen molar-refractivity contribution in [3.05, 3.63) is 70.8 Å². The number of rotatable bonds is 2. The molecule has 25 heavy (non-hydrogen) atoms. The van der Waals surface area contributed by atoms with Crippen LogP contribution in [0.3, 0.4) is 0 Å². The maximum Gasteiger partial charge on any atom is 0.0173 e. The van der Waals surface area contributed by atoms with Crippen LogP contribution in [0.5, 0.6) is 0 Å². The number of likely N-dealkylation sites (tertiary alicyclic amines) is 1. The van der Waals surface area contributed by atoms with E-state index in [2.05, 4.69) is 53.4 Å². The van der Waals surface area contributed by atoms with Crippen LogP contribution in [0.15, 0.2) is 48.5 Å². The van der Waals surface area contributed by atoms with Crippen molar-refractivity contribution in [2.75, 3.05) is 19.6 Å². The fourth-order valence-corrected chi connectivity index (χ4v) is 6.84. The van der Waals surface area contributed by atoms with Crippen molar-refractivity contribution in [3.63, 3.8) is 0 Å². The molecule has 1 aliphatic heterocycles. The second-order valence-corrected chi connectivity index (χ2v) is 9.03. The van der Waals surface area contributed by atoms with E-state index < -0.39 is 0 Å². The number of fused-ring (bicyclic) bond motifs is 3. The summed E-state index contributed by atoms with van der Waals surface area (Å²) in [5.74, 6) is 2.29. The lowest BCUT2D eigenvalue weighted by molar-refractivity contribution is 0.260. The zero-order valence-electron chi connectivity index (χ0n) is 15.0. The second kappa shape index (κ2) is 5.20. The Labute approximate surface area is 151 Å². The third kappa shape index (κ3) is 1.94. The predicted molar refractivity (Wildman–Crippen MR) is 102 cm³/mol. The van der Waals surface area contributed by atoms with E-state index in [9.17, 15) is 0 Å². The Kier molecular flexibility index (Phi) is 3.03. The van der Waals surface area contributed by atoms with Gasteiger partial charge in [0.25, 0.3) is 0 Å². The summed E-state index contributed by atoms with van der Waals surface area (Å²) in [6.07, 6.45) is 7.19. The standard InChI is InChI=1S/C24H27N/c1-2-8-17(7-1)14-25-15-23-19-10-4-3-9-18(19)21-13-24(23,16-25)22-12-6-5-11-20(21)22/h3-6,9-12,17,21,23H,1-2,7-8,13-16H2/t21?,23-,24-/m1/s1. The Morgan fingerprint density at radius 1 is 0.880 bits per heavy atom. The van der Waals surface area contributed by atoms with Crippen LogP contribution in [0.4, 0.5) is 0 Å². The first-order valence-corrected chi connectivity index (χ1v) is 10.3. The van der Waals surface area contributed by atoms with E-state index in [1.165, 1.54) is 51.7 Å². The van der Waals surface area contributed by atoms with Gasteiger partial charge in [-0.25, -0.2) is 0 Å². The highest BCUT2D eigenvalue weighted by molar-refractivity contribution is 5.58. The fraction of sp³-hybridized carbons (Fsp3) is 0.500. The van der Waals surface area contributed by atoms with Crippen molar-refractivity contribution in [2.24, 2.45) is 5.92 Å². The lowest BCUT2D eigenvalue weighted by Crippen LogP contribution is -2.35. The molecule has 2 fully saturated rings. The predicted octanol–water partition coefficient (Wildman–Crippen LogP) is 5.06. The molecule has 1 spiro atoms. The maximum absolute atomic E-state index is 2.84. The Balaban J connectivity index is 1.46. The average Bonchev–Trinajstić information content (AvgIpc) is 3.35. The molecule has 1 saturated carbocycles. The van der Waals surface area contributed by atoms with Crippen LogP contribution in [-0.2, 0) is 5.41 Å². The van der Waals surface area contributed by atoms with Crippen molar-refractivity contribution in [1.29, 1.82) is 0 Å². The van der Waals surface area contributed by atoms with E-state index in [0.29, 0.717) is 17.3 Å². The van der Waals surface area contributed by atoms with Crippen molar-refractivity contribution in [1.82, 2.24) is 4.90 Å². The molecule has 4 aliphatic rings. The molecule has 2 aromatic carbocycles. The molecule has 2 bridgehead atoms. The van der Waals surface area contributed by atoms with Gasteiger partial charge in [0.15, 0.2) is 0 Å². The Bertz CT molecular complexity index is 807. The van der Waals surface area contributed by atoms with E-state index in [0.717, 1.165) is 5.92 Å². The van der Waals surface area contributed by atoms with E-state index >= 15 is 0 Å². The summed E-state index contributed by atoms with van der Waals surface area (Å²) in [5, 5.41) is 0. The van der Waals surface area contributed by atoms with Gasteiger partial charge in [-0.15, -0.1) is 0 Å². The van der Waals surface area contributed by atoms with Gasteiger partial charge in [-0.05, 0) is 47.4 Å². The van der Waals surface area contributed by atoms with Gasteiger partial charge in [-0.2, -0.15) is 0 Å². The molecule has 1 heterocycles. The molecule has 2 aromatic rings. The molecule has 6 rings (SSSR count). The largest absolute Gasteiger partial charge is 0.302 e. The zero-order chi connectivity index (χ0) is 16.4. The van der Waals surface area contributed by atoms with Crippen LogP contribution in [0.1, 0.15) is 66.2 Å². The summed E-state index contributed by atoms with van der Waals surface area (Å²) in [7, 11) is 0.